The lowest BCUT2D eigenvalue weighted by Gasteiger charge is -1.99. The maximum atomic E-state index is 11.4. The molecule has 1 heterocycles. The van der Waals surface area contributed by atoms with Crippen molar-refractivity contribution < 1.29 is 4.79 Å². The molecule has 3 nitrogen and oxygen atoms in total. The summed E-state index contributed by atoms with van der Waals surface area (Å²) >= 11 is 1.55. The lowest BCUT2D eigenvalue weighted by Crippen LogP contribution is -1.89. The molecule has 3 aromatic rings. The monoisotopic (exact) mass is 268 g/mol. The second-order valence-corrected chi connectivity index (χ2v) is 5.28. The highest BCUT2D eigenvalue weighted by Gasteiger charge is 2.06. The van der Waals surface area contributed by atoms with E-state index >= 15 is 0 Å². The van der Waals surface area contributed by atoms with E-state index in [0.29, 0.717) is 0 Å². The highest BCUT2D eigenvalue weighted by molar-refractivity contribution is 7.22. The minimum Gasteiger partial charge on any atom is -0.332 e. The number of nitrogens with zero attached hydrogens (tertiary/aromatic N) is 1. The molecule has 0 radical (unpaired) electrons. The van der Waals surface area contributed by atoms with Gasteiger partial charge >= 0.3 is 0 Å². The van der Waals surface area contributed by atoms with Gasteiger partial charge in [0, 0.05) is 11.3 Å². The Balaban J connectivity index is 1.95. The van der Waals surface area contributed by atoms with Crippen molar-refractivity contribution in [2.75, 3.05) is 5.32 Å². The summed E-state index contributed by atoms with van der Waals surface area (Å²) in [5.41, 5.74) is 2.64. The van der Waals surface area contributed by atoms with Crippen molar-refractivity contribution in [3.8, 4) is 0 Å². The molecule has 2 aromatic carbocycles. The highest BCUT2D eigenvalue weighted by atomic mass is 32.1. The van der Waals surface area contributed by atoms with Crippen LogP contribution in [0.15, 0.2) is 48.5 Å². The Morgan fingerprint density at radius 1 is 1.16 bits per heavy atom. The fraction of sp³-hybridized carbons (Fsp3) is 0.0667. The van der Waals surface area contributed by atoms with Gasteiger partial charge in [-0.2, -0.15) is 0 Å². The van der Waals surface area contributed by atoms with E-state index in [-0.39, 0.29) is 5.78 Å². The van der Waals surface area contributed by atoms with Gasteiger partial charge in [0.05, 0.1) is 10.2 Å². The molecule has 0 saturated heterocycles. The maximum Gasteiger partial charge on any atom is 0.188 e. The number of ketones is 1. The normalized spacial score (nSPS) is 10.6. The Morgan fingerprint density at radius 3 is 2.68 bits per heavy atom. The molecule has 0 aliphatic heterocycles. The molecular weight excluding hydrogens is 256 g/mol. The van der Waals surface area contributed by atoms with Crippen LogP contribution in [0.1, 0.15) is 17.3 Å². The second kappa shape index (κ2) is 4.82. The fourth-order valence-electron chi connectivity index (χ4n) is 1.84. The lowest BCUT2D eigenvalue weighted by molar-refractivity contribution is 0.101. The quantitative estimate of drug-likeness (QED) is 0.722. The molecule has 0 atom stereocenters. The Morgan fingerprint density at radius 2 is 1.95 bits per heavy atom. The largest absolute Gasteiger partial charge is 0.332 e. The number of aromatic nitrogens is 1. The number of hydrogen-bond donors (Lipinski definition) is 1. The van der Waals surface area contributed by atoms with Gasteiger partial charge in [-0.25, -0.2) is 4.98 Å². The predicted octanol–water partition coefficient (Wildman–Crippen LogP) is 4.24. The minimum atomic E-state index is 0.0767. The fourth-order valence-corrected chi connectivity index (χ4v) is 2.77. The third kappa shape index (κ3) is 2.48. The van der Waals surface area contributed by atoms with Crippen LogP contribution >= 0.6 is 11.3 Å². The van der Waals surface area contributed by atoms with Crippen LogP contribution in [0.5, 0.6) is 0 Å². The SMILES string of the molecule is CC(=O)c1ccc2nc(Nc3ccccc3)sc2c1. The number of carbonyl (C=O) groups is 1. The number of fused-ring (bicyclic) bond motifs is 1. The van der Waals surface area contributed by atoms with Crippen molar-refractivity contribution in [3.63, 3.8) is 0 Å². The summed E-state index contributed by atoms with van der Waals surface area (Å²) in [6.45, 7) is 1.57. The van der Waals surface area contributed by atoms with E-state index in [4.69, 9.17) is 0 Å². The van der Waals surface area contributed by atoms with Gasteiger partial charge in [-0.05, 0) is 37.3 Å². The molecular formula is C15H12N2OS. The molecule has 0 fully saturated rings. The van der Waals surface area contributed by atoms with Crippen molar-refractivity contribution in [3.05, 3.63) is 54.1 Å². The third-order valence-electron chi connectivity index (χ3n) is 2.82. The number of benzene rings is 2. The van der Waals surface area contributed by atoms with Gasteiger partial charge < -0.3 is 5.32 Å². The first-order chi connectivity index (χ1) is 9.22. The van der Waals surface area contributed by atoms with Crippen LogP contribution < -0.4 is 5.32 Å². The van der Waals surface area contributed by atoms with E-state index in [1.807, 2.05) is 48.5 Å². The number of hydrogen-bond acceptors (Lipinski definition) is 4. The molecule has 19 heavy (non-hydrogen) atoms. The van der Waals surface area contributed by atoms with E-state index in [1.54, 1.807) is 18.3 Å². The Kier molecular flexibility index (Phi) is 3.01. The number of rotatable bonds is 3. The molecule has 0 aliphatic carbocycles. The van der Waals surface area contributed by atoms with Crippen LogP contribution in [0, 0.1) is 0 Å². The van der Waals surface area contributed by atoms with Gasteiger partial charge in [-0.15, -0.1) is 0 Å². The van der Waals surface area contributed by atoms with Crippen molar-refractivity contribution in [1.82, 2.24) is 4.98 Å². The van der Waals surface area contributed by atoms with Crippen LogP contribution in [0.4, 0.5) is 10.8 Å². The Bertz CT molecular complexity index is 734. The topological polar surface area (TPSA) is 42.0 Å². The zero-order chi connectivity index (χ0) is 13.2. The predicted molar refractivity (Wildman–Crippen MR) is 79.3 cm³/mol. The van der Waals surface area contributed by atoms with E-state index in [0.717, 1.165) is 26.6 Å². The molecule has 0 spiro atoms. The third-order valence-corrected chi connectivity index (χ3v) is 3.75. The molecule has 4 heteroatoms. The number of thiazole rings is 1. The van der Waals surface area contributed by atoms with Gasteiger partial charge in [-0.1, -0.05) is 29.5 Å². The summed E-state index contributed by atoms with van der Waals surface area (Å²) in [5.74, 6) is 0.0767. The average molecular weight is 268 g/mol. The molecule has 0 aliphatic rings. The van der Waals surface area contributed by atoms with E-state index < -0.39 is 0 Å². The van der Waals surface area contributed by atoms with Crippen LogP contribution in [0.2, 0.25) is 0 Å². The summed E-state index contributed by atoms with van der Waals surface area (Å²) < 4.78 is 1.02. The van der Waals surface area contributed by atoms with Crippen LogP contribution in [0.3, 0.4) is 0 Å². The average Bonchev–Trinajstić information content (AvgIpc) is 2.80. The minimum absolute atomic E-state index is 0.0767. The number of anilines is 2. The van der Waals surface area contributed by atoms with Gasteiger partial charge in [-0.3, -0.25) is 4.79 Å². The number of nitrogens with one attached hydrogen (secondary N) is 1. The van der Waals surface area contributed by atoms with Gasteiger partial charge in [0.15, 0.2) is 10.9 Å². The molecule has 0 unspecified atom stereocenters. The first-order valence-electron chi connectivity index (χ1n) is 5.96. The van der Waals surface area contributed by atoms with Crippen molar-refractivity contribution >= 4 is 38.2 Å². The van der Waals surface area contributed by atoms with Gasteiger partial charge in [0.25, 0.3) is 0 Å². The van der Waals surface area contributed by atoms with Crippen LogP contribution in [-0.4, -0.2) is 10.8 Å². The standard InChI is InChI=1S/C15H12N2OS/c1-10(18)11-7-8-13-14(9-11)19-15(17-13)16-12-5-3-2-4-6-12/h2-9H,1H3,(H,16,17). The second-order valence-electron chi connectivity index (χ2n) is 4.25. The van der Waals surface area contributed by atoms with Crippen molar-refractivity contribution in [2.45, 2.75) is 6.92 Å². The van der Waals surface area contributed by atoms with Crippen molar-refractivity contribution in [1.29, 1.82) is 0 Å². The maximum absolute atomic E-state index is 11.4. The van der Waals surface area contributed by atoms with E-state index in [9.17, 15) is 4.79 Å². The first kappa shape index (κ1) is 11.9. The number of Topliss-reactive ketones (excluding diaryl/α,β-unsaturated/α-hetero) is 1. The Labute approximate surface area is 114 Å². The smallest absolute Gasteiger partial charge is 0.188 e. The van der Waals surface area contributed by atoms with Crippen LogP contribution in [-0.2, 0) is 0 Å². The van der Waals surface area contributed by atoms with Crippen LogP contribution in [0.25, 0.3) is 10.2 Å². The summed E-state index contributed by atoms with van der Waals surface area (Å²) in [6, 6.07) is 15.5. The van der Waals surface area contributed by atoms with Gasteiger partial charge in [0.2, 0.25) is 0 Å². The summed E-state index contributed by atoms with van der Waals surface area (Å²) in [5, 5.41) is 4.10. The summed E-state index contributed by atoms with van der Waals surface area (Å²) in [6.07, 6.45) is 0. The summed E-state index contributed by atoms with van der Waals surface area (Å²) in [7, 11) is 0. The van der Waals surface area contributed by atoms with Crippen molar-refractivity contribution in [2.24, 2.45) is 0 Å². The zero-order valence-electron chi connectivity index (χ0n) is 10.4. The van der Waals surface area contributed by atoms with Gasteiger partial charge in [0.1, 0.15) is 0 Å². The molecule has 0 amide bonds. The molecule has 94 valence electrons. The molecule has 3 rings (SSSR count). The molecule has 1 N–H and O–H groups in total. The number of carbonyl (C=O) groups excluding carboxylic acids is 1. The first-order valence-corrected chi connectivity index (χ1v) is 6.77. The zero-order valence-corrected chi connectivity index (χ0v) is 11.2. The Hall–Kier alpha value is -2.20. The number of para-hydroxylation sites is 1. The van der Waals surface area contributed by atoms with E-state index in [2.05, 4.69) is 10.3 Å². The lowest BCUT2D eigenvalue weighted by atomic mass is 10.1. The summed E-state index contributed by atoms with van der Waals surface area (Å²) in [4.78, 5) is 15.9. The molecule has 0 bridgehead atoms. The molecule has 0 saturated carbocycles. The highest BCUT2D eigenvalue weighted by Crippen LogP contribution is 2.29. The van der Waals surface area contributed by atoms with E-state index in [1.165, 1.54) is 0 Å². The molecule has 1 aromatic heterocycles.